The van der Waals surface area contributed by atoms with Crippen LogP contribution in [0.25, 0.3) is 6.08 Å². The van der Waals surface area contributed by atoms with Gasteiger partial charge in [-0.05, 0) is 89.3 Å². The SMILES string of the molecule is C=CCc1cc(/C=C2\SC(=Nc3ccc(CC)cc3)NC2=O)ccc1OCc1ccc(C(=O)O)cc1. The lowest BCUT2D eigenvalue weighted by Crippen LogP contribution is -2.19. The summed E-state index contributed by atoms with van der Waals surface area (Å²) < 4.78 is 6.00. The van der Waals surface area contributed by atoms with E-state index >= 15 is 0 Å². The highest BCUT2D eigenvalue weighted by molar-refractivity contribution is 8.18. The Morgan fingerprint density at radius 3 is 2.47 bits per heavy atom. The highest BCUT2D eigenvalue weighted by Crippen LogP contribution is 2.30. The monoisotopic (exact) mass is 498 g/mol. The number of allylic oxidation sites excluding steroid dienone is 1. The van der Waals surface area contributed by atoms with E-state index in [0.717, 1.165) is 28.8 Å². The quantitative estimate of drug-likeness (QED) is 0.273. The molecule has 3 aromatic rings. The first-order chi connectivity index (χ1) is 17.4. The Morgan fingerprint density at radius 2 is 1.81 bits per heavy atom. The lowest BCUT2D eigenvalue weighted by molar-refractivity contribution is -0.115. The van der Waals surface area contributed by atoms with Crippen molar-refractivity contribution in [2.75, 3.05) is 0 Å². The zero-order chi connectivity index (χ0) is 25.5. The number of carboxylic acid groups (broad SMARTS) is 1. The number of carbonyl (C=O) groups excluding carboxylic acids is 1. The molecule has 0 radical (unpaired) electrons. The summed E-state index contributed by atoms with van der Waals surface area (Å²) in [6, 6.07) is 20.3. The average Bonchev–Trinajstić information content (AvgIpc) is 3.22. The van der Waals surface area contributed by atoms with Crippen LogP contribution in [-0.2, 0) is 24.2 Å². The number of hydrogen-bond donors (Lipinski definition) is 2. The number of aromatic carboxylic acids is 1. The molecular formula is C29H26N2O4S. The molecule has 7 heteroatoms. The second kappa shape index (κ2) is 11.6. The summed E-state index contributed by atoms with van der Waals surface area (Å²) in [6.07, 6.45) is 5.20. The number of nitrogens with zero attached hydrogens (tertiary/aromatic N) is 1. The van der Waals surface area contributed by atoms with Crippen LogP contribution in [0.1, 0.15) is 39.5 Å². The van der Waals surface area contributed by atoms with Gasteiger partial charge in [0, 0.05) is 0 Å². The third-order valence-electron chi connectivity index (χ3n) is 5.57. The number of hydrogen-bond acceptors (Lipinski definition) is 5. The molecule has 1 heterocycles. The van der Waals surface area contributed by atoms with Crippen LogP contribution >= 0.6 is 11.8 Å². The number of thioether (sulfide) groups is 1. The van der Waals surface area contributed by atoms with E-state index in [1.54, 1.807) is 30.3 Å². The van der Waals surface area contributed by atoms with Crippen LogP contribution in [0.2, 0.25) is 0 Å². The van der Waals surface area contributed by atoms with Gasteiger partial charge in [0.25, 0.3) is 5.91 Å². The fraction of sp³-hybridized carbons (Fsp3) is 0.138. The second-order valence-electron chi connectivity index (χ2n) is 8.15. The van der Waals surface area contributed by atoms with Crippen LogP contribution in [-0.4, -0.2) is 22.2 Å². The molecule has 0 unspecified atom stereocenters. The molecule has 1 amide bonds. The first-order valence-corrected chi connectivity index (χ1v) is 12.3. The van der Waals surface area contributed by atoms with Crippen molar-refractivity contribution in [3.63, 3.8) is 0 Å². The van der Waals surface area contributed by atoms with Crippen LogP contribution < -0.4 is 10.1 Å². The van der Waals surface area contributed by atoms with Crippen molar-refractivity contribution >= 4 is 40.6 Å². The van der Waals surface area contributed by atoms with Gasteiger partial charge in [-0.1, -0.05) is 43.3 Å². The van der Waals surface area contributed by atoms with Crippen LogP contribution in [0.4, 0.5) is 5.69 Å². The van der Waals surface area contributed by atoms with Crippen LogP contribution in [0.5, 0.6) is 5.75 Å². The van der Waals surface area contributed by atoms with Crippen molar-refractivity contribution in [3.8, 4) is 5.75 Å². The van der Waals surface area contributed by atoms with E-state index in [9.17, 15) is 9.59 Å². The molecule has 3 aromatic carbocycles. The molecule has 1 saturated heterocycles. The van der Waals surface area contributed by atoms with Gasteiger partial charge in [-0.15, -0.1) is 6.58 Å². The lowest BCUT2D eigenvalue weighted by atomic mass is 10.1. The average molecular weight is 499 g/mol. The molecule has 4 rings (SSSR count). The minimum Gasteiger partial charge on any atom is -0.489 e. The molecule has 0 saturated carbocycles. The molecule has 0 aliphatic carbocycles. The third kappa shape index (κ3) is 6.31. The van der Waals surface area contributed by atoms with E-state index in [2.05, 4.69) is 23.8 Å². The van der Waals surface area contributed by atoms with Gasteiger partial charge in [0.15, 0.2) is 5.17 Å². The van der Waals surface area contributed by atoms with Gasteiger partial charge in [-0.25, -0.2) is 9.79 Å². The third-order valence-corrected chi connectivity index (χ3v) is 6.48. The maximum atomic E-state index is 12.5. The number of amidine groups is 1. The summed E-state index contributed by atoms with van der Waals surface area (Å²) in [7, 11) is 0. The highest BCUT2D eigenvalue weighted by Gasteiger charge is 2.24. The molecular weight excluding hydrogens is 472 g/mol. The molecule has 0 aromatic heterocycles. The fourth-order valence-corrected chi connectivity index (χ4v) is 4.45. The van der Waals surface area contributed by atoms with Crippen molar-refractivity contribution in [1.29, 1.82) is 0 Å². The molecule has 182 valence electrons. The Morgan fingerprint density at radius 1 is 1.08 bits per heavy atom. The van der Waals surface area contributed by atoms with Crippen molar-refractivity contribution < 1.29 is 19.4 Å². The van der Waals surface area contributed by atoms with Crippen molar-refractivity contribution in [2.45, 2.75) is 26.4 Å². The van der Waals surface area contributed by atoms with E-state index in [-0.39, 0.29) is 11.5 Å². The molecule has 1 aliphatic rings. The number of rotatable bonds is 9. The Kier molecular flexibility index (Phi) is 8.02. The lowest BCUT2D eigenvalue weighted by Gasteiger charge is -2.12. The molecule has 0 spiro atoms. The minimum atomic E-state index is -0.960. The maximum absolute atomic E-state index is 12.5. The first kappa shape index (κ1) is 25.0. The van der Waals surface area contributed by atoms with Crippen LogP contribution in [0.15, 0.2) is 89.3 Å². The van der Waals surface area contributed by atoms with Crippen molar-refractivity contribution in [2.24, 2.45) is 4.99 Å². The van der Waals surface area contributed by atoms with Gasteiger partial charge in [0.2, 0.25) is 0 Å². The van der Waals surface area contributed by atoms with E-state index in [0.29, 0.717) is 28.9 Å². The molecule has 36 heavy (non-hydrogen) atoms. The number of aliphatic imine (C=N–C) groups is 1. The van der Waals surface area contributed by atoms with Gasteiger partial charge < -0.3 is 15.2 Å². The van der Waals surface area contributed by atoms with Crippen LogP contribution in [0, 0.1) is 0 Å². The zero-order valence-electron chi connectivity index (χ0n) is 19.9. The second-order valence-corrected chi connectivity index (χ2v) is 9.18. The Labute approximate surface area is 214 Å². The number of carboxylic acids is 1. The van der Waals surface area contributed by atoms with Gasteiger partial charge in [-0.2, -0.15) is 0 Å². The Bertz CT molecular complexity index is 1340. The number of amides is 1. The normalized spacial score (nSPS) is 15.2. The predicted molar refractivity (Wildman–Crippen MR) is 145 cm³/mol. The summed E-state index contributed by atoms with van der Waals surface area (Å²) >= 11 is 1.31. The number of ether oxygens (including phenoxy) is 1. The standard InChI is InChI=1S/C29H26N2O4S/c1-3-5-23-16-21(10-15-25(23)35-18-20-6-11-22(12-7-20)28(33)34)17-26-27(32)31-29(36-26)30-24-13-8-19(4-2)9-14-24/h3,6-17H,1,4-5,18H2,2H3,(H,33,34)(H,30,31,32)/b26-17-. The maximum Gasteiger partial charge on any atom is 0.335 e. The van der Waals surface area contributed by atoms with Gasteiger partial charge >= 0.3 is 5.97 Å². The molecule has 1 aliphatic heterocycles. The summed E-state index contributed by atoms with van der Waals surface area (Å²) in [6.45, 7) is 6.25. The Hall–Kier alpha value is -4.10. The van der Waals surface area contributed by atoms with Crippen molar-refractivity contribution in [1.82, 2.24) is 5.32 Å². The summed E-state index contributed by atoms with van der Waals surface area (Å²) in [5.74, 6) is -0.432. The number of carbonyl (C=O) groups is 2. The van der Waals surface area contributed by atoms with Gasteiger partial charge in [0.1, 0.15) is 12.4 Å². The summed E-state index contributed by atoms with van der Waals surface area (Å²) in [4.78, 5) is 28.7. The summed E-state index contributed by atoms with van der Waals surface area (Å²) in [5, 5.41) is 12.4. The van der Waals surface area contributed by atoms with Gasteiger partial charge in [-0.3, -0.25) is 4.79 Å². The molecule has 1 fully saturated rings. The topological polar surface area (TPSA) is 88.0 Å². The Balaban J connectivity index is 1.47. The molecule has 6 nitrogen and oxygen atoms in total. The van der Waals surface area contributed by atoms with E-state index in [1.807, 2.05) is 48.5 Å². The van der Waals surface area contributed by atoms with Gasteiger partial charge in [0.05, 0.1) is 16.2 Å². The predicted octanol–water partition coefficient (Wildman–Crippen LogP) is 6.15. The minimum absolute atomic E-state index is 0.181. The molecule has 0 atom stereocenters. The van der Waals surface area contributed by atoms with Crippen molar-refractivity contribution in [3.05, 3.63) is 112 Å². The number of aryl methyl sites for hydroxylation is 1. The van der Waals surface area contributed by atoms with E-state index in [1.165, 1.54) is 17.3 Å². The molecule has 0 bridgehead atoms. The number of nitrogens with one attached hydrogen (secondary N) is 1. The highest BCUT2D eigenvalue weighted by atomic mass is 32.2. The summed E-state index contributed by atoms with van der Waals surface area (Å²) in [5.41, 5.74) is 4.95. The zero-order valence-corrected chi connectivity index (χ0v) is 20.7. The molecule has 2 N–H and O–H groups in total. The number of benzene rings is 3. The van der Waals surface area contributed by atoms with Crippen LogP contribution in [0.3, 0.4) is 0 Å². The van der Waals surface area contributed by atoms with E-state index < -0.39 is 5.97 Å². The first-order valence-electron chi connectivity index (χ1n) is 11.5. The largest absolute Gasteiger partial charge is 0.489 e. The smallest absolute Gasteiger partial charge is 0.335 e. The fourth-order valence-electron chi connectivity index (χ4n) is 3.60. The van der Waals surface area contributed by atoms with E-state index in [4.69, 9.17) is 9.84 Å².